The highest BCUT2D eigenvalue weighted by Crippen LogP contribution is 2.26. The standard InChI is InChI=1S/C20H19FN4O3S/c1-25(20-22-9-3-10-23-20)12-18(27)28-13-17(26)24-19(16-4-2-11-29-16)14-5-7-15(21)8-6-14/h2-11,19H,12-13H2,1H3,(H,24,26)/t19-/m0/s1. The Kier molecular flexibility index (Phi) is 6.85. The number of anilines is 1. The van der Waals surface area contributed by atoms with Crippen LogP contribution >= 0.6 is 11.3 Å². The van der Waals surface area contributed by atoms with Crippen molar-refractivity contribution in [2.24, 2.45) is 0 Å². The zero-order valence-electron chi connectivity index (χ0n) is 15.6. The molecule has 0 aliphatic rings. The zero-order valence-corrected chi connectivity index (χ0v) is 16.4. The fraction of sp³-hybridized carbons (Fsp3) is 0.200. The summed E-state index contributed by atoms with van der Waals surface area (Å²) in [4.78, 5) is 34.8. The number of aromatic nitrogens is 2. The van der Waals surface area contributed by atoms with Crippen LogP contribution in [0.25, 0.3) is 0 Å². The van der Waals surface area contributed by atoms with Gasteiger partial charge < -0.3 is 15.0 Å². The molecule has 29 heavy (non-hydrogen) atoms. The van der Waals surface area contributed by atoms with E-state index < -0.39 is 24.5 Å². The summed E-state index contributed by atoms with van der Waals surface area (Å²) < 4.78 is 18.3. The molecule has 0 fully saturated rings. The maximum atomic E-state index is 13.2. The van der Waals surface area contributed by atoms with Crippen molar-refractivity contribution in [2.45, 2.75) is 6.04 Å². The molecule has 1 N–H and O–H groups in total. The molecule has 0 aliphatic heterocycles. The van der Waals surface area contributed by atoms with Crippen molar-refractivity contribution in [3.8, 4) is 0 Å². The molecule has 3 rings (SSSR count). The van der Waals surface area contributed by atoms with E-state index in [2.05, 4.69) is 15.3 Å². The topological polar surface area (TPSA) is 84.4 Å². The molecule has 1 amide bonds. The lowest BCUT2D eigenvalue weighted by molar-refractivity contribution is -0.147. The number of carbonyl (C=O) groups is 2. The first-order chi connectivity index (χ1) is 14.0. The Labute approximate surface area is 171 Å². The summed E-state index contributed by atoms with van der Waals surface area (Å²) in [6.45, 7) is -0.519. The normalized spacial score (nSPS) is 11.5. The molecule has 1 aromatic carbocycles. The first-order valence-corrected chi connectivity index (χ1v) is 9.63. The van der Waals surface area contributed by atoms with E-state index in [1.807, 2.05) is 17.5 Å². The molecule has 0 spiro atoms. The highest BCUT2D eigenvalue weighted by molar-refractivity contribution is 7.10. The van der Waals surface area contributed by atoms with E-state index in [9.17, 15) is 14.0 Å². The second kappa shape index (κ2) is 9.74. The Morgan fingerprint density at radius 1 is 1.17 bits per heavy atom. The number of rotatable bonds is 8. The summed E-state index contributed by atoms with van der Waals surface area (Å²) in [6.07, 6.45) is 3.13. The van der Waals surface area contributed by atoms with Crippen molar-refractivity contribution in [3.05, 3.63) is 76.5 Å². The van der Waals surface area contributed by atoms with Gasteiger partial charge in [0.2, 0.25) is 5.95 Å². The average Bonchev–Trinajstić information content (AvgIpc) is 3.26. The summed E-state index contributed by atoms with van der Waals surface area (Å²) >= 11 is 1.47. The molecule has 7 nitrogen and oxygen atoms in total. The zero-order chi connectivity index (χ0) is 20.6. The SMILES string of the molecule is CN(CC(=O)OCC(=O)N[C@@H](c1ccc(F)cc1)c1cccs1)c1ncccn1. The van der Waals surface area contributed by atoms with Crippen LogP contribution < -0.4 is 10.2 Å². The number of esters is 1. The Balaban J connectivity index is 1.56. The van der Waals surface area contributed by atoms with E-state index in [-0.39, 0.29) is 12.4 Å². The number of thiophene rings is 1. The van der Waals surface area contributed by atoms with Gasteiger partial charge >= 0.3 is 5.97 Å². The lowest BCUT2D eigenvalue weighted by atomic mass is 10.1. The van der Waals surface area contributed by atoms with E-state index in [0.29, 0.717) is 5.95 Å². The van der Waals surface area contributed by atoms with Gasteiger partial charge in [0.05, 0.1) is 6.04 Å². The van der Waals surface area contributed by atoms with Gasteiger partial charge in [-0.05, 0) is 35.2 Å². The molecule has 0 aliphatic carbocycles. The van der Waals surface area contributed by atoms with Crippen LogP contribution in [0.1, 0.15) is 16.5 Å². The van der Waals surface area contributed by atoms with Crippen LogP contribution in [0.4, 0.5) is 10.3 Å². The molecule has 0 saturated carbocycles. The maximum absolute atomic E-state index is 13.2. The number of nitrogens with one attached hydrogen (secondary N) is 1. The number of ether oxygens (including phenoxy) is 1. The van der Waals surface area contributed by atoms with Crippen LogP contribution in [0.2, 0.25) is 0 Å². The number of hydrogen-bond acceptors (Lipinski definition) is 7. The fourth-order valence-electron chi connectivity index (χ4n) is 2.58. The van der Waals surface area contributed by atoms with Gasteiger partial charge in [-0.15, -0.1) is 11.3 Å². The first kappa shape index (κ1) is 20.4. The van der Waals surface area contributed by atoms with Crippen LogP contribution in [0.15, 0.2) is 60.2 Å². The van der Waals surface area contributed by atoms with Gasteiger partial charge in [0.25, 0.3) is 5.91 Å². The number of nitrogens with zero attached hydrogens (tertiary/aromatic N) is 3. The second-order valence-corrected chi connectivity index (χ2v) is 7.11. The van der Waals surface area contributed by atoms with Crippen molar-refractivity contribution >= 4 is 29.2 Å². The number of carbonyl (C=O) groups excluding carboxylic acids is 2. The maximum Gasteiger partial charge on any atom is 0.326 e. The minimum atomic E-state index is -0.579. The van der Waals surface area contributed by atoms with Crippen LogP contribution in [0.3, 0.4) is 0 Å². The largest absolute Gasteiger partial charge is 0.454 e. The lowest BCUT2D eigenvalue weighted by Gasteiger charge is -2.19. The molecule has 0 radical (unpaired) electrons. The van der Waals surface area contributed by atoms with E-state index in [4.69, 9.17) is 4.74 Å². The number of hydrogen-bond donors (Lipinski definition) is 1. The molecule has 0 bridgehead atoms. The van der Waals surface area contributed by atoms with E-state index >= 15 is 0 Å². The highest BCUT2D eigenvalue weighted by atomic mass is 32.1. The third-order valence-electron chi connectivity index (χ3n) is 3.96. The minimum absolute atomic E-state index is 0.0936. The van der Waals surface area contributed by atoms with Gasteiger partial charge in [-0.3, -0.25) is 9.59 Å². The van der Waals surface area contributed by atoms with E-state index in [1.165, 1.54) is 28.4 Å². The molecule has 3 aromatic rings. The molecule has 0 saturated heterocycles. The van der Waals surface area contributed by atoms with Crippen molar-refractivity contribution in [3.63, 3.8) is 0 Å². The highest BCUT2D eigenvalue weighted by Gasteiger charge is 2.19. The molecular formula is C20H19FN4O3S. The van der Waals surface area contributed by atoms with Crippen molar-refractivity contribution in [2.75, 3.05) is 25.1 Å². The van der Waals surface area contributed by atoms with Gasteiger partial charge in [0, 0.05) is 24.3 Å². The van der Waals surface area contributed by atoms with Crippen LogP contribution in [0, 0.1) is 5.82 Å². The van der Waals surface area contributed by atoms with Gasteiger partial charge in [0.1, 0.15) is 12.4 Å². The monoisotopic (exact) mass is 414 g/mol. The summed E-state index contributed by atoms with van der Waals surface area (Å²) in [5.41, 5.74) is 0.731. The van der Waals surface area contributed by atoms with Gasteiger partial charge in [-0.1, -0.05) is 18.2 Å². The Morgan fingerprint density at radius 3 is 2.55 bits per heavy atom. The van der Waals surface area contributed by atoms with Gasteiger partial charge in [0.15, 0.2) is 6.61 Å². The number of benzene rings is 1. The number of halogens is 1. The Bertz CT molecular complexity index is 936. The molecule has 2 aromatic heterocycles. The Morgan fingerprint density at radius 2 is 1.90 bits per heavy atom. The number of amides is 1. The summed E-state index contributed by atoms with van der Waals surface area (Å²) in [5, 5.41) is 4.72. The first-order valence-electron chi connectivity index (χ1n) is 8.75. The fourth-order valence-corrected chi connectivity index (χ4v) is 3.38. The minimum Gasteiger partial charge on any atom is -0.454 e. The van der Waals surface area contributed by atoms with Crippen molar-refractivity contribution in [1.29, 1.82) is 0 Å². The molecule has 2 heterocycles. The Hall–Kier alpha value is -3.33. The molecule has 1 atom stereocenters. The third-order valence-corrected chi connectivity index (χ3v) is 4.90. The molecule has 9 heteroatoms. The smallest absolute Gasteiger partial charge is 0.326 e. The van der Waals surface area contributed by atoms with Crippen LogP contribution in [-0.4, -0.2) is 42.0 Å². The summed E-state index contributed by atoms with van der Waals surface area (Å²) in [5.74, 6) is -1.02. The summed E-state index contributed by atoms with van der Waals surface area (Å²) in [7, 11) is 1.65. The molecule has 0 unspecified atom stereocenters. The predicted octanol–water partition coefficient (Wildman–Crippen LogP) is 2.56. The number of likely N-dealkylation sites (N-methyl/N-ethyl adjacent to an activating group) is 1. The van der Waals surface area contributed by atoms with Gasteiger partial charge in [-0.2, -0.15) is 0 Å². The van der Waals surface area contributed by atoms with Crippen LogP contribution in [-0.2, 0) is 14.3 Å². The second-order valence-electron chi connectivity index (χ2n) is 6.13. The third kappa shape index (κ3) is 5.82. The van der Waals surface area contributed by atoms with Gasteiger partial charge in [-0.25, -0.2) is 14.4 Å². The summed E-state index contributed by atoms with van der Waals surface area (Å²) in [6, 6.07) is 10.9. The predicted molar refractivity (Wildman–Crippen MR) is 107 cm³/mol. The van der Waals surface area contributed by atoms with E-state index in [1.54, 1.807) is 37.6 Å². The quantitative estimate of drug-likeness (QED) is 0.571. The molecular weight excluding hydrogens is 395 g/mol. The van der Waals surface area contributed by atoms with E-state index in [0.717, 1.165) is 10.4 Å². The molecule has 150 valence electrons. The van der Waals surface area contributed by atoms with Crippen molar-refractivity contribution in [1.82, 2.24) is 15.3 Å². The average molecular weight is 414 g/mol. The van der Waals surface area contributed by atoms with Crippen LogP contribution in [0.5, 0.6) is 0 Å². The van der Waals surface area contributed by atoms with Crippen molar-refractivity contribution < 1.29 is 18.7 Å². The lowest BCUT2D eigenvalue weighted by Crippen LogP contribution is -2.35.